The quantitative estimate of drug-likeness (QED) is 0.423. The Bertz CT molecular complexity index is 1470. The Morgan fingerprint density at radius 2 is 1.37 bits per heavy atom. The molecule has 3 nitrogen and oxygen atoms in total. The summed E-state index contributed by atoms with van der Waals surface area (Å²) in [6.07, 6.45) is 2.47. The van der Waals surface area contributed by atoms with Crippen LogP contribution in [-0.2, 0) is 7.05 Å². The van der Waals surface area contributed by atoms with Crippen LogP contribution in [0.25, 0.3) is 31.6 Å². The van der Waals surface area contributed by atoms with Crippen LogP contribution in [0.1, 0.15) is 11.1 Å². The minimum atomic E-state index is 0.612. The van der Waals surface area contributed by atoms with Crippen LogP contribution >= 0.6 is 23.5 Å². The standard InChI is InChI=1S/C25H21N3S2/c1-14-8-23-24(9-15(14)2)30-25(29-23)17-5-7-20-19-6-4-16(18(12-26)13-27)10-21(19)28(3)22(20)11-17/h4-13,26-27H,1-3H3. The molecule has 5 heteroatoms. The van der Waals surface area contributed by atoms with Crippen molar-refractivity contribution in [2.24, 2.45) is 7.05 Å². The Balaban J connectivity index is 1.72. The molecule has 0 radical (unpaired) electrons. The second-order valence-electron chi connectivity index (χ2n) is 7.64. The molecular weight excluding hydrogens is 406 g/mol. The summed E-state index contributed by atoms with van der Waals surface area (Å²) in [6.45, 7) is 4.35. The monoisotopic (exact) mass is 427 g/mol. The lowest BCUT2D eigenvalue weighted by atomic mass is 10.1. The van der Waals surface area contributed by atoms with E-state index in [9.17, 15) is 0 Å². The molecule has 0 saturated heterocycles. The average Bonchev–Trinajstić information content (AvgIpc) is 3.28. The van der Waals surface area contributed by atoms with E-state index >= 15 is 0 Å². The molecule has 1 aliphatic rings. The van der Waals surface area contributed by atoms with Crippen LogP contribution in [0.2, 0.25) is 0 Å². The lowest BCUT2D eigenvalue weighted by Crippen LogP contribution is -2.07. The molecule has 1 aliphatic heterocycles. The van der Waals surface area contributed by atoms with E-state index in [1.165, 1.54) is 59.1 Å². The first-order valence-corrected chi connectivity index (χ1v) is 11.4. The molecule has 30 heavy (non-hydrogen) atoms. The fraction of sp³-hybridized carbons (Fsp3) is 0.120. The maximum atomic E-state index is 7.54. The van der Waals surface area contributed by atoms with Gasteiger partial charge in [0.1, 0.15) is 0 Å². The molecule has 0 saturated carbocycles. The molecule has 0 unspecified atom stereocenters. The van der Waals surface area contributed by atoms with Crippen molar-refractivity contribution < 1.29 is 0 Å². The summed E-state index contributed by atoms with van der Waals surface area (Å²) in [4.78, 5) is 2.70. The van der Waals surface area contributed by atoms with E-state index in [0.717, 1.165) is 10.7 Å². The van der Waals surface area contributed by atoms with Gasteiger partial charge in [0.05, 0.1) is 4.24 Å². The number of nitrogens with one attached hydrogen (secondary N) is 2. The van der Waals surface area contributed by atoms with Crippen molar-refractivity contribution in [2.75, 3.05) is 0 Å². The third-order valence-corrected chi connectivity index (χ3v) is 8.44. The van der Waals surface area contributed by atoms with Crippen LogP contribution in [0.15, 0.2) is 58.3 Å². The van der Waals surface area contributed by atoms with Crippen molar-refractivity contribution in [3.63, 3.8) is 0 Å². The van der Waals surface area contributed by atoms with Gasteiger partial charge in [-0.1, -0.05) is 47.8 Å². The van der Waals surface area contributed by atoms with Crippen LogP contribution < -0.4 is 10.4 Å². The van der Waals surface area contributed by atoms with Gasteiger partial charge in [0, 0.05) is 56.6 Å². The molecule has 1 aromatic heterocycles. The van der Waals surface area contributed by atoms with E-state index in [1.54, 1.807) is 0 Å². The highest BCUT2D eigenvalue weighted by Crippen LogP contribution is 2.52. The van der Waals surface area contributed by atoms with Crippen molar-refractivity contribution in [3.05, 3.63) is 70.1 Å². The molecule has 0 atom stereocenters. The van der Waals surface area contributed by atoms with Crippen LogP contribution in [-0.4, -0.2) is 17.0 Å². The molecule has 0 fully saturated rings. The maximum Gasteiger partial charge on any atom is 0.0572 e. The van der Waals surface area contributed by atoms with Crippen LogP contribution in [0.4, 0.5) is 0 Å². The first-order valence-electron chi connectivity index (χ1n) is 9.75. The largest absolute Gasteiger partial charge is 0.344 e. The number of hydrogen-bond acceptors (Lipinski definition) is 4. The van der Waals surface area contributed by atoms with E-state index in [0.29, 0.717) is 5.57 Å². The van der Waals surface area contributed by atoms with Gasteiger partial charge >= 0.3 is 0 Å². The van der Waals surface area contributed by atoms with E-state index in [2.05, 4.69) is 67.9 Å². The summed E-state index contributed by atoms with van der Waals surface area (Å²) < 4.78 is 3.54. The number of nitrogens with zero attached hydrogens (tertiary/aromatic N) is 1. The van der Waals surface area contributed by atoms with Gasteiger partial charge in [-0.25, -0.2) is 0 Å². The summed E-state index contributed by atoms with van der Waals surface area (Å²) in [5.74, 6) is 0. The zero-order valence-corrected chi connectivity index (χ0v) is 18.7. The van der Waals surface area contributed by atoms with Gasteiger partial charge in [0.15, 0.2) is 0 Å². The predicted molar refractivity (Wildman–Crippen MR) is 132 cm³/mol. The highest BCUT2D eigenvalue weighted by molar-refractivity contribution is 8.32. The van der Waals surface area contributed by atoms with Crippen molar-refractivity contribution in [1.29, 1.82) is 10.8 Å². The number of aryl methyl sites for hydroxylation is 3. The molecule has 4 aromatic rings. The zero-order valence-electron chi connectivity index (χ0n) is 17.0. The first kappa shape index (κ1) is 19.2. The summed E-state index contributed by atoms with van der Waals surface area (Å²) in [7, 11) is 2.09. The molecule has 0 aliphatic carbocycles. The van der Waals surface area contributed by atoms with E-state index in [4.69, 9.17) is 10.8 Å². The SMILES string of the molecule is Cc1cc2c(cc1C)SC(=c1ccc3c4ccc(=C(C=N)C=N)cc4n(C)c3c1)S2. The Morgan fingerprint density at radius 1 is 0.800 bits per heavy atom. The average molecular weight is 428 g/mol. The van der Waals surface area contributed by atoms with Gasteiger partial charge in [0.2, 0.25) is 0 Å². The molecule has 2 N–H and O–H groups in total. The molecule has 0 bridgehead atoms. The lowest BCUT2D eigenvalue weighted by molar-refractivity contribution is 1.01. The highest BCUT2D eigenvalue weighted by Gasteiger charge is 2.19. The number of benzene rings is 3. The normalized spacial score (nSPS) is 13.1. The van der Waals surface area contributed by atoms with E-state index in [-0.39, 0.29) is 0 Å². The van der Waals surface area contributed by atoms with Crippen LogP contribution in [0.3, 0.4) is 0 Å². The minimum Gasteiger partial charge on any atom is -0.344 e. The van der Waals surface area contributed by atoms with Gasteiger partial charge in [-0.2, -0.15) is 0 Å². The number of thioether (sulfide) groups is 2. The second-order valence-corrected chi connectivity index (χ2v) is 10.0. The van der Waals surface area contributed by atoms with Crippen LogP contribution in [0.5, 0.6) is 0 Å². The zero-order chi connectivity index (χ0) is 21.0. The molecule has 0 spiro atoms. The number of rotatable bonds is 2. The maximum absolute atomic E-state index is 7.54. The Labute approximate surface area is 183 Å². The molecular formula is C25H21N3S2. The second kappa shape index (κ2) is 7.18. The summed E-state index contributed by atoms with van der Waals surface area (Å²) in [5.41, 5.74) is 5.61. The minimum absolute atomic E-state index is 0.612. The lowest BCUT2D eigenvalue weighted by Gasteiger charge is -2.01. The van der Waals surface area contributed by atoms with Gasteiger partial charge in [-0.15, -0.1) is 0 Å². The number of hydrogen-bond donors (Lipinski definition) is 2. The van der Waals surface area contributed by atoms with Gasteiger partial charge in [0.25, 0.3) is 0 Å². The molecule has 2 heterocycles. The Hall–Kier alpha value is -2.76. The van der Waals surface area contributed by atoms with E-state index in [1.807, 2.05) is 29.6 Å². The Morgan fingerprint density at radius 3 is 1.97 bits per heavy atom. The molecule has 0 amide bonds. The van der Waals surface area contributed by atoms with Gasteiger partial charge < -0.3 is 15.4 Å². The fourth-order valence-corrected chi connectivity index (χ4v) is 6.61. The smallest absolute Gasteiger partial charge is 0.0572 e. The summed E-state index contributed by atoms with van der Waals surface area (Å²) in [6, 6.07) is 17.5. The fourth-order valence-electron chi connectivity index (χ4n) is 3.98. The molecule has 3 aromatic carbocycles. The topological polar surface area (TPSA) is 52.6 Å². The Kier molecular flexibility index (Phi) is 4.60. The molecule has 5 rings (SSSR count). The number of aromatic nitrogens is 1. The van der Waals surface area contributed by atoms with Crippen LogP contribution in [0, 0.1) is 24.7 Å². The van der Waals surface area contributed by atoms with Crippen molar-refractivity contribution >= 4 is 67.6 Å². The third kappa shape index (κ3) is 2.92. The van der Waals surface area contributed by atoms with Crippen molar-refractivity contribution in [1.82, 2.24) is 4.57 Å². The summed E-state index contributed by atoms with van der Waals surface area (Å²) >= 11 is 3.73. The molecule has 148 valence electrons. The number of fused-ring (bicyclic) bond motifs is 4. The van der Waals surface area contributed by atoms with Gasteiger partial charge in [-0.3, -0.25) is 0 Å². The predicted octanol–water partition coefficient (Wildman–Crippen LogP) is 5.36. The van der Waals surface area contributed by atoms with E-state index < -0.39 is 0 Å². The highest BCUT2D eigenvalue weighted by atomic mass is 32.2. The summed E-state index contributed by atoms with van der Waals surface area (Å²) in [5, 5.41) is 19.7. The third-order valence-electron chi connectivity index (χ3n) is 5.85. The first-order chi connectivity index (χ1) is 14.5. The van der Waals surface area contributed by atoms with Crippen molar-refractivity contribution in [2.45, 2.75) is 23.6 Å². The van der Waals surface area contributed by atoms with Crippen molar-refractivity contribution in [3.8, 4) is 0 Å². The van der Waals surface area contributed by atoms with Gasteiger partial charge in [-0.05, 0) is 59.7 Å².